The first-order valence-corrected chi connectivity index (χ1v) is 8.00. The zero-order valence-electron chi connectivity index (χ0n) is 14.9. The number of nitrogens with zero attached hydrogens (tertiary/aromatic N) is 2. The summed E-state index contributed by atoms with van der Waals surface area (Å²) in [5.74, 6) is -0.370. The maximum atomic E-state index is 12.7. The van der Waals surface area contributed by atoms with Gasteiger partial charge in [0.2, 0.25) is 5.91 Å². The third-order valence-electron chi connectivity index (χ3n) is 4.04. The number of morpholine rings is 1. The van der Waals surface area contributed by atoms with Crippen molar-refractivity contribution in [2.24, 2.45) is 5.41 Å². The van der Waals surface area contributed by atoms with E-state index in [0.717, 1.165) is 0 Å². The second-order valence-corrected chi connectivity index (χ2v) is 7.78. The first kappa shape index (κ1) is 18.2. The molecule has 0 N–H and O–H groups in total. The van der Waals surface area contributed by atoms with Crippen LogP contribution in [0.25, 0.3) is 0 Å². The smallest absolute Gasteiger partial charge is 0.313 e. The molecular formula is C16H28N2O5. The summed E-state index contributed by atoms with van der Waals surface area (Å²) in [6.07, 6.45) is -0.217. The van der Waals surface area contributed by atoms with Crippen molar-refractivity contribution in [2.45, 2.75) is 52.4 Å². The molecule has 23 heavy (non-hydrogen) atoms. The lowest BCUT2D eigenvalue weighted by Gasteiger charge is -2.33. The number of amides is 1. The van der Waals surface area contributed by atoms with Crippen LogP contribution in [0.5, 0.6) is 0 Å². The van der Waals surface area contributed by atoms with Gasteiger partial charge in [-0.2, -0.15) is 5.06 Å². The number of hydrogen-bond acceptors (Lipinski definition) is 6. The highest BCUT2D eigenvalue weighted by Crippen LogP contribution is 2.29. The predicted octanol–water partition coefficient (Wildman–Crippen LogP) is 0.827. The van der Waals surface area contributed by atoms with Crippen LogP contribution in [0.3, 0.4) is 0 Å². The van der Waals surface area contributed by atoms with Crippen molar-refractivity contribution >= 4 is 11.9 Å². The summed E-state index contributed by atoms with van der Waals surface area (Å²) < 4.78 is 11.2. The minimum absolute atomic E-state index is 0.0619. The lowest BCUT2D eigenvalue weighted by molar-refractivity contribution is -0.216. The summed E-state index contributed by atoms with van der Waals surface area (Å²) in [4.78, 5) is 32.0. The number of esters is 1. The Labute approximate surface area is 137 Å². The van der Waals surface area contributed by atoms with E-state index >= 15 is 0 Å². The molecule has 0 aromatic rings. The molecular weight excluding hydrogens is 300 g/mol. The largest absolute Gasteiger partial charge is 0.460 e. The van der Waals surface area contributed by atoms with Gasteiger partial charge in [-0.05, 0) is 34.6 Å². The average Bonchev–Trinajstić information content (AvgIpc) is 2.73. The summed E-state index contributed by atoms with van der Waals surface area (Å²) in [7, 11) is 1.56. The van der Waals surface area contributed by atoms with Crippen LogP contribution in [0.4, 0.5) is 0 Å². The molecule has 0 aromatic heterocycles. The molecule has 2 aliphatic rings. The fourth-order valence-electron chi connectivity index (χ4n) is 2.94. The van der Waals surface area contributed by atoms with E-state index in [9.17, 15) is 9.59 Å². The van der Waals surface area contributed by atoms with Gasteiger partial charge in [-0.3, -0.25) is 9.59 Å². The molecule has 7 heteroatoms. The molecule has 7 nitrogen and oxygen atoms in total. The van der Waals surface area contributed by atoms with Gasteiger partial charge in [0.15, 0.2) is 0 Å². The molecule has 2 aliphatic heterocycles. The van der Waals surface area contributed by atoms with Crippen LogP contribution in [0.15, 0.2) is 0 Å². The number of hydrogen-bond donors (Lipinski definition) is 0. The van der Waals surface area contributed by atoms with Crippen LogP contribution in [-0.4, -0.2) is 72.9 Å². The van der Waals surface area contributed by atoms with Crippen molar-refractivity contribution in [1.82, 2.24) is 9.96 Å². The SMILES string of the molecule is CON1CCO[C@H]2CN(CC(C)(C)C(=O)OC(C)(C)C)C(=O)[C@H]21. The monoisotopic (exact) mass is 328 g/mol. The minimum Gasteiger partial charge on any atom is -0.460 e. The van der Waals surface area contributed by atoms with Gasteiger partial charge in [0.05, 0.1) is 19.1 Å². The van der Waals surface area contributed by atoms with E-state index in [1.807, 2.05) is 20.8 Å². The van der Waals surface area contributed by atoms with E-state index < -0.39 is 17.1 Å². The van der Waals surface area contributed by atoms with Gasteiger partial charge >= 0.3 is 5.97 Å². The lowest BCUT2D eigenvalue weighted by atomic mass is 9.92. The van der Waals surface area contributed by atoms with Crippen molar-refractivity contribution in [3.05, 3.63) is 0 Å². The van der Waals surface area contributed by atoms with Gasteiger partial charge in [-0.15, -0.1) is 0 Å². The quantitative estimate of drug-likeness (QED) is 0.712. The third-order valence-corrected chi connectivity index (χ3v) is 4.04. The van der Waals surface area contributed by atoms with E-state index in [2.05, 4.69) is 0 Å². The number of carbonyl (C=O) groups excluding carboxylic acids is 2. The van der Waals surface area contributed by atoms with Crippen LogP contribution >= 0.6 is 0 Å². The van der Waals surface area contributed by atoms with Gasteiger partial charge < -0.3 is 19.2 Å². The first-order valence-electron chi connectivity index (χ1n) is 8.00. The van der Waals surface area contributed by atoms with Crippen LogP contribution in [0.1, 0.15) is 34.6 Å². The van der Waals surface area contributed by atoms with Crippen molar-refractivity contribution in [3.8, 4) is 0 Å². The Morgan fingerprint density at radius 1 is 1.30 bits per heavy atom. The maximum absolute atomic E-state index is 12.7. The number of fused-ring (bicyclic) bond motifs is 1. The number of hydroxylamine groups is 2. The molecule has 0 unspecified atom stereocenters. The molecule has 2 atom stereocenters. The first-order chi connectivity index (χ1) is 10.5. The normalized spacial score (nSPS) is 26.3. The van der Waals surface area contributed by atoms with Crippen LogP contribution < -0.4 is 0 Å². The lowest BCUT2D eigenvalue weighted by Crippen LogP contribution is -2.52. The molecule has 2 heterocycles. The molecule has 0 aromatic carbocycles. The third kappa shape index (κ3) is 4.02. The van der Waals surface area contributed by atoms with E-state index in [1.165, 1.54) is 0 Å². The Morgan fingerprint density at radius 2 is 1.96 bits per heavy atom. The van der Waals surface area contributed by atoms with Gasteiger partial charge in [-0.25, -0.2) is 0 Å². The molecule has 0 spiro atoms. The minimum atomic E-state index is -0.783. The summed E-state index contributed by atoms with van der Waals surface area (Å²) in [5, 5.41) is 1.66. The van der Waals surface area contributed by atoms with Crippen molar-refractivity contribution in [3.63, 3.8) is 0 Å². The number of carbonyl (C=O) groups is 2. The number of likely N-dealkylation sites (tertiary alicyclic amines) is 1. The molecule has 2 saturated heterocycles. The molecule has 0 radical (unpaired) electrons. The van der Waals surface area contributed by atoms with Gasteiger partial charge in [0, 0.05) is 19.6 Å². The zero-order chi connectivity index (χ0) is 17.4. The average molecular weight is 328 g/mol. The summed E-state index contributed by atoms with van der Waals surface area (Å²) in [5.41, 5.74) is -1.33. The standard InChI is InChI=1S/C16H28N2O5/c1-15(2,3)23-14(20)16(4,5)10-17-9-11-12(13(17)19)18(21-6)7-8-22-11/h11-12H,7-10H2,1-6H3/t11-,12-/m0/s1. The van der Waals surface area contributed by atoms with Gasteiger partial charge in [-0.1, -0.05) is 0 Å². The molecule has 0 saturated carbocycles. The molecule has 2 fully saturated rings. The Kier molecular flexibility index (Phi) is 5.03. The van der Waals surface area contributed by atoms with Crippen molar-refractivity contribution in [1.29, 1.82) is 0 Å². The second-order valence-electron chi connectivity index (χ2n) is 7.78. The van der Waals surface area contributed by atoms with Crippen LogP contribution in [0, 0.1) is 5.41 Å². The Balaban J connectivity index is 2.05. The van der Waals surface area contributed by atoms with E-state index in [1.54, 1.807) is 30.9 Å². The highest BCUT2D eigenvalue weighted by atomic mass is 16.7. The maximum Gasteiger partial charge on any atom is 0.313 e. The van der Waals surface area contributed by atoms with Gasteiger partial charge in [0.1, 0.15) is 17.7 Å². The highest BCUT2D eigenvalue weighted by molar-refractivity contribution is 5.86. The fraction of sp³-hybridized carbons (Fsp3) is 0.875. The Morgan fingerprint density at radius 3 is 2.52 bits per heavy atom. The summed E-state index contributed by atoms with van der Waals surface area (Å²) in [6.45, 7) is 11.0. The highest BCUT2D eigenvalue weighted by Gasteiger charge is 2.49. The number of ether oxygens (including phenoxy) is 2. The molecule has 0 bridgehead atoms. The topological polar surface area (TPSA) is 68.3 Å². The van der Waals surface area contributed by atoms with Crippen LogP contribution in [-0.2, 0) is 23.9 Å². The Bertz CT molecular complexity index is 472. The molecule has 132 valence electrons. The zero-order valence-corrected chi connectivity index (χ0v) is 14.9. The van der Waals surface area contributed by atoms with Crippen molar-refractivity contribution < 1.29 is 23.9 Å². The molecule has 1 amide bonds. The second kappa shape index (κ2) is 6.37. The Hall–Kier alpha value is -1.18. The molecule has 2 rings (SSSR count). The molecule has 0 aliphatic carbocycles. The van der Waals surface area contributed by atoms with Gasteiger partial charge in [0.25, 0.3) is 0 Å². The summed E-state index contributed by atoms with van der Waals surface area (Å²) in [6, 6.07) is -0.428. The van der Waals surface area contributed by atoms with E-state index in [0.29, 0.717) is 26.2 Å². The summed E-state index contributed by atoms with van der Waals surface area (Å²) >= 11 is 0. The van der Waals surface area contributed by atoms with E-state index in [-0.39, 0.29) is 18.0 Å². The van der Waals surface area contributed by atoms with E-state index in [4.69, 9.17) is 14.3 Å². The predicted molar refractivity (Wildman–Crippen MR) is 83.4 cm³/mol. The fourth-order valence-corrected chi connectivity index (χ4v) is 2.94. The number of rotatable bonds is 4. The van der Waals surface area contributed by atoms with Crippen LogP contribution in [0.2, 0.25) is 0 Å². The van der Waals surface area contributed by atoms with Crippen molar-refractivity contribution in [2.75, 3.05) is 33.4 Å².